The van der Waals surface area contributed by atoms with Crippen LogP contribution in [0.1, 0.15) is 12.0 Å². The average molecular weight is 274 g/mol. The van der Waals surface area contributed by atoms with Crippen molar-refractivity contribution in [3.05, 3.63) is 29.8 Å². The molecule has 5 heteroatoms. The van der Waals surface area contributed by atoms with Gasteiger partial charge >= 0.3 is 0 Å². The molecule has 0 aromatic heterocycles. The fourth-order valence-electron chi connectivity index (χ4n) is 2.25. The largest absolute Gasteiger partial charge is 0.484 e. The zero-order valence-corrected chi connectivity index (χ0v) is 11.8. The first kappa shape index (κ1) is 14.4. The van der Waals surface area contributed by atoms with E-state index in [0.29, 0.717) is 11.3 Å². The Morgan fingerprint density at radius 1 is 1.35 bits per heavy atom. The maximum atomic E-state index is 12.1. The normalized spacial score (nSPS) is 19.0. The molecular weight excluding hydrogens is 254 g/mol. The molecule has 1 atom stereocenters. The SMILES string of the molecule is C[NH+]1CCCN(C(=O)COc2ccc(C#N)cc2)CC1. The van der Waals surface area contributed by atoms with Crippen LogP contribution in [-0.4, -0.2) is 50.6 Å². The summed E-state index contributed by atoms with van der Waals surface area (Å²) in [5.41, 5.74) is 0.585. The maximum Gasteiger partial charge on any atom is 0.260 e. The predicted octanol–water partition coefficient (Wildman–Crippen LogP) is -0.316. The molecule has 1 aliphatic rings. The van der Waals surface area contributed by atoms with Crippen molar-refractivity contribution in [2.75, 3.05) is 39.8 Å². The smallest absolute Gasteiger partial charge is 0.260 e. The van der Waals surface area contributed by atoms with Crippen LogP contribution >= 0.6 is 0 Å². The second-order valence-corrected chi connectivity index (χ2v) is 5.12. The number of likely N-dealkylation sites (N-methyl/N-ethyl adjacent to an activating group) is 1. The second kappa shape index (κ2) is 6.92. The number of hydrogen-bond acceptors (Lipinski definition) is 3. The van der Waals surface area contributed by atoms with E-state index < -0.39 is 0 Å². The van der Waals surface area contributed by atoms with Crippen LogP contribution in [0.2, 0.25) is 0 Å². The second-order valence-electron chi connectivity index (χ2n) is 5.12. The molecule has 1 fully saturated rings. The number of quaternary nitrogens is 1. The van der Waals surface area contributed by atoms with Gasteiger partial charge in [-0.05, 0) is 24.3 Å². The molecule has 0 aliphatic carbocycles. The summed E-state index contributed by atoms with van der Waals surface area (Å²) in [5, 5.41) is 8.71. The first-order chi connectivity index (χ1) is 9.69. The van der Waals surface area contributed by atoms with E-state index in [4.69, 9.17) is 10.00 Å². The lowest BCUT2D eigenvalue weighted by molar-refractivity contribution is -0.877. The van der Waals surface area contributed by atoms with E-state index in [9.17, 15) is 4.79 Å². The third-order valence-electron chi connectivity index (χ3n) is 3.54. The molecule has 0 spiro atoms. The summed E-state index contributed by atoms with van der Waals surface area (Å²) in [6.45, 7) is 3.77. The molecule has 0 bridgehead atoms. The number of benzene rings is 1. The number of carbonyl (C=O) groups is 1. The van der Waals surface area contributed by atoms with Gasteiger partial charge in [-0.1, -0.05) is 0 Å². The summed E-state index contributed by atoms with van der Waals surface area (Å²) in [6.07, 6.45) is 1.04. The third-order valence-corrected chi connectivity index (χ3v) is 3.54. The standard InChI is InChI=1S/C15H19N3O2/c1-17-7-2-8-18(10-9-17)15(19)12-20-14-5-3-13(11-16)4-6-14/h3-6H,2,7-10,12H2,1H3/p+1. The summed E-state index contributed by atoms with van der Waals surface area (Å²) in [5.74, 6) is 0.652. The minimum atomic E-state index is 0.0315. The van der Waals surface area contributed by atoms with Crippen molar-refractivity contribution in [3.8, 4) is 11.8 Å². The number of carbonyl (C=O) groups excluding carboxylic acids is 1. The quantitative estimate of drug-likeness (QED) is 0.822. The first-order valence-corrected chi connectivity index (χ1v) is 6.91. The molecular formula is C15H20N3O2+. The number of rotatable bonds is 3. The average Bonchev–Trinajstić information content (AvgIpc) is 2.70. The highest BCUT2D eigenvalue weighted by atomic mass is 16.5. The predicted molar refractivity (Wildman–Crippen MR) is 74.5 cm³/mol. The fourth-order valence-corrected chi connectivity index (χ4v) is 2.25. The van der Waals surface area contributed by atoms with Gasteiger partial charge < -0.3 is 14.5 Å². The van der Waals surface area contributed by atoms with Crippen LogP contribution < -0.4 is 9.64 Å². The monoisotopic (exact) mass is 274 g/mol. The van der Waals surface area contributed by atoms with Crippen LogP contribution in [-0.2, 0) is 4.79 Å². The van der Waals surface area contributed by atoms with E-state index in [0.717, 1.165) is 32.6 Å². The minimum absolute atomic E-state index is 0.0315. The highest BCUT2D eigenvalue weighted by molar-refractivity contribution is 5.77. The summed E-state index contributed by atoms with van der Waals surface area (Å²) in [4.78, 5) is 15.4. The molecule has 1 amide bonds. The van der Waals surface area contributed by atoms with Gasteiger partial charge in [0.25, 0.3) is 5.91 Å². The van der Waals surface area contributed by atoms with E-state index in [2.05, 4.69) is 7.05 Å². The number of nitrogens with one attached hydrogen (secondary N) is 1. The minimum Gasteiger partial charge on any atom is -0.484 e. The number of nitrogens with zero attached hydrogens (tertiary/aromatic N) is 2. The van der Waals surface area contributed by atoms with Crippen molar-refractivity contribution in [2.24, 2.45) is 0 Å². The van der Waals surface area contributed by atoms with Crippen molar-refractivity contribution in [1.82, 2.24) is 4.90 Å². The van der Waals surface area contributed by atoms with E-state index in [-0.39, 0.29) is 12.5 Å². The van der Waals surface area contributed by atoms with Gasteiger partial charge in [-0.3, -0.25) is 4.79 Å². The van der Waals surface area contributed by atoms with Crippen molar-refractivity contribution in [3.63, 3.8) is 0 Å². The lowest BCUT2D eigenvalue weighted by Gasteiger charge is -2.19. The summed E-state index contributed by atoms with van der Waals surface area (Å²) >= 11 is 0. The highest BCUT2D eigenvalue weighted by Crippen LogP contribution is 2.11. The summed E-state index contributed by atoms with van der Waals surface area (Å²) in [6, 6.07) is 8.85. The fraction of sp³-hybridized carbons (Fsp3) is 0.467. The molecule has 1 aromatic carbocycles. The van der Waals surface area contributed by atoms with Crippen LogP contribution in [0.4, 0.5) is 0 Å². The van der Waals surface area contributed by atoms with Crippen molar-refractivity contribution in [1.29, 1.82) is 5.26 Å². The van der Waals surface area contributed by atoms with Gasteiger partial charge in [0, 0.05) is 13.0 Å². The van der Waals surface area contributed by atoms with Gasteiger partial charge in [0.05, 0.1) is 38.3 Å². The van der Waals surface area contributed by atoms with Gasteiger partial charge in [-0.15, -0.1) is 0 Å². The Balaban J connectivity index is 1.83. The van der Waals surface area contributed by atoms with Crippen LogP contribution in [0.5, 0.6) is 5.75 Å². The van der Waals surface area contributed by atoms with Gasteiger partial charge in [-0.2, -0.15) is 5.26 Å². The number of nitriles is 1. The van der Waals surface area contributed by atoms with E-state index in [1.54, 1.807) is 24.3 Å². The molecule has 1 aliphatic heterocycles. The van der Waals surface area contributed by atoms with E-state index in [1.165, 1.54) is 4.90 Å². The maximum absolute atomic E-state index is 12.1. The highest BCUT2D eigenvalue weighted by Gasteiger charge is 2.19. The Hall–Kier alpha value is -2.06. The molecule has 0 radical (unpaired) electrons. The van der Waals surface area contributed by atoms with Gasteiger partial charge in [-0.25, -0.2) is 0 Å². The van der Waals surface area contributed by atoms with Crippen molar-refractivity contribution >= 4 is 5.91 Å². The molecule has 1 heterocycles. The van der Waals surface area contributed by atoms with Crippen LogP contribution in [0.3, 0.4) is 0 Å². The van der Waals surface area contributed by atoms with E-state index in [1.807, 2.05) is 11.0 Å². The molecule has 2 rings (SSSR count). The zero-order valence-electron chi connectivity index (χ0n) is 11.8. The molecule has 1 saturated heterocycles. The number of amides is 1. The molecule has 0 saturated carbocycles. The first-order valence-electron chi connectivity index (χ1n) is 6.91. The Morgan fingerprint density at radius 3 is 2.80 bits per heavy atom. The van der Waals surface area contributed by atoms with Gasteiger partial charge in [0.15, 0.2) is 6.61 Å². The zero-order chi connectivity index (χ0) is 14.4. The van der Waals surface area contributed by atoms with Crippen LogP contribution in [0.25, 0.3) is 0 Å². The molecule has 1 aromatic rings. The van der Waals surface area contributed by atoms with E-state index >= 15 is 0 Å². The van der Waals surface area contributed by atoms with Crippen LogP contribution in [0, 0.1) is 11.3 Å². The molecule has 20 heavy (non-hydrogen) atoms. The van der Waals surface area contributed by atoms with Crippen molar-refractivity contribution < 1.29 is 14.4 Å². The lowest BCUT2D eigenvalue weighted by Crippen LogP contribution is -3.09. The number of ether oxygens (including phenoxy) is 1. The third kappa shape index (κ3) is 3.97. The topological polar surface area (TPSA) is 57.8 Å². The van der Waals surface area contributed by atoms with Gasteiger partial charge in [0.1, 0.15) is 5.75 Å². The number of hydrogen-bond donors (Lipinski definition) is 1. The van der Waals surface area contributed by atoms with Crippen molar-refractivity contribution in [2.45, 2.75) is 6.42 Å². The Bertz CT molecular complexity index is 493. The Kier molecular flexibility index (Phi) is 4.97. The molecule has 1 N–H and O–H groups in total. The molecule has 5 nitrogen and oxygen atoms in total. The molecule has 106 valence electrons. The Morgan fingerprint density at radius 2 is 2.10 bits per heavy atom. The molecule has 1 unspecified atom stereocenters. The van der Waals surface area contributed by atoms with Crippen LogP contribution in [0.15, 0.2) is 24.3 Å². The lowest BCUT2D eigenvalue weighted by atomic mass is 10.2. The summed E-state index contributed by atoms with van der Waals surface area (Å²) in [7, 11) is 2.15. The van der Waals surface area contributed by atoms with Gasteiger partial charge in [0.2, 0.25) is 0 Å². The Labute approximate surface area is 119 Å². The summed E-state index contributed by atoms with van der Waals surface area (Å²) < 4.78 is 5.48.